The molecule has 0 aromatic rings. The van der Waals surface area contributed by atoms with E-state index in [-0.39, 0.29) is 12.4 Å². The van der Waals surface area contributed by atoms with Crippen LogP contribution in [0.25, 0.3) is 0 Å². The van der Waals surface area contributed by atoms with Gasteiger partial charge in [-0.2, -0.15) is 0 Å². The van der Waals surface area contributed by atoms with Crippen molar-refractivity contribution in [2.75, 3.05) is 40.8 Å². The van der Waals surface area contributed by atoms with Gasteiger partial charge in [0.2, 0.25) is 0 Å². The van der Waals surface area contributed by atoms with Crippen molar-refractivity contribution in [2.45, 2.75) is 6.42 Å². The van der Waals surface area contributed by atoms with Gasteiger partial charge < -0.3 is 22.2 Å². The minimum atomic E-state index is 0. The van der Waals surface area contributed by atoms with E-state index in [9.17, 15) is 4.79 Å². The Morgan fingerprint density at radius 3 is 2.46 bits per heavy atom. The van der Waals surface area contributed by atoms with E-state index < -0.39 is 0 Å². The molecule has 0 spiro atoms. The first kappa shape index (κ1) is 15.1. The summed E-state index contributed by atoms with van der Waals surface area (Å²) in [6.45, 7) is 2.76. The zero-order chi connectivity index (χ0) is 9.45. The van der Waals surface area contributed by atoms with E-state index in [4.69, 9.17) is 0 Å². The number of hydrogen-bond acceptors (Lipinski definition) is 2. The fraction of sp³-hybridized carbons (Fsp3) is 0.778. The lowest BCUT2D eigenvalue weighted by molar-refractivity contribution is -0.870. The van der Waals surface area contributed by atoms with Crippen molar-refractivity contribution in [3.8, 4) is 0 Å². The minimum absolute atomic E-state index is 0. The minimum Gasteiger partial charge on any atom is -1.00 e. The van der Waals surface area contributed by atoms with E-state index in [0.717, 1.165) is 24.0 Å². The summed E-state index contributed by atoms with van der Waals surface area (Å²) < 4.78 is 0.991. The molecule has 0 bridgehead atoms. The highest BCUT2D eigenvalue weighted by molar-refractivity contribution is 5.45. The topological polar surface area (TPSA) is 29.1 Å². The SMILES string of the molecule is C[N+](C)(C)CCCNCC=C=O.[Cl-]. The summed E-state index contributed by atoms with van der Waals surface area (Å²) >= 11 is 0. The number of carbonyl (C=O) groups excluding carboxylic acids is 1. The third-order valence-corrected chi connectivity index (χ3v) is 1.51. The molecule has 0 rings (SSSR count). The van der Waals surface area contributed by atoms with Crippen molar-refractivity contribution in [1.82, 2.24) is 5.32 Å². The molecule has 1 N–H and O–H groups in total. The first-order chi connectivity index (χ1) is 5.56. The van der Waals surface area contributed by atoms with Crippen LogP contribution in [0, 0.1) is 0 Å². The first-order valence-electron chi connectivity index (χ1n) is 4.27. The lowest BCUT2D eigenvalue weighted by Gasteiger charge is -2.23. The first-order valence-corrected chi connectivity index (χ1v) is 4.27. The van der Waals surface area contributed by atoms with Crippen LogP contribution in [0.5, 0.6) is 0 Å². The smallest absolute Gasteiger partial charge is 0.121 e. The molecule has 0 unspecified atom stereocenters. The molecule has 0 radical (unpaired) electrons. The van der Waals surface area contributed by atoms with Crippen molar-refractivity contribution in [2.24, 2.45) is 0 Å². The summed E-state index contributed by atoms with van der Waals surface area (Å²) in [6, 6.07) is 0. The van der Waals surface area contributed by atoms with E-state index >= 15 is 0 Å². The van der Waals surface area contributed by atoms with Gasteiger partial charge in [0.05, 0.1) is 27.7 Å². The second kappa shape index (κ2) is 8.27. The number of nitrogens with zero attached hydrogens (tertiary/aromatic N) is 1. The van der Waals surface area contributed by atoms with Crippen molar-refractivity contribution < 1.29 is 21.7 Å². The molecule has 0 aliphatic carbocycles. The van der Waals surface area contributed by atoms with Gasteiger partial charge in [-0.25, -0.2) is 4.79 Å². The number of halogens is 1. The highest BCUT2D eigenvalue weighted by atomic mass is 35.5. The average Bonchev–Trinajstić information content (AvgIpc) is 1.94. The third-order valence-electron chi connectivity index (χ3n) is 1.51. The molecule has 0 aromatic carbocycles. The highest BCUT2D eigenvalue weighted by Gasteiger charge is 2.04. The summed E-state index contributed by atoms with van der Waals surface area (Å²) in [7, 11) is 6.52. The Labute approximate surface area is 86.8 Å². The molecule has 4 heteroatoms. The quantitative estimate of drug-likeness (QED) is 0.287. The van der Waals surface area contributed by atoms with Crippen LogP contribution in [0.2, 0.25) is 0 Å². The molecule has 0 aliphatic rings. The van der Waals surface area contributed by atoms with Crippen molar-refractivity contribution in [1.29, 1.82) is 0 Å². The van der Waals surface area contributed by atoms with Gasteiger partial charge >= 0.3 is 0 Å². The molecular weight excluding hydrogens is 188 g/mol. The number of hydrogen-bond donors (Lipinski definition) is 1. The Bertz CT molecular complexity index is 159. The van der Waals surface area contributed by atoms with Crippen LogP contribution in [0.4, 0.5) is 0 Å². The number of nitrogens with one attached hydrogen (secondary N) is 1. The molecule has 78 valence electrons. The van der Waals surface area contributed by atoms with Gasteiger partial charge in [0, 0.05) is 25.6 Å². The molecular formula is C9H19ClN2O. The van der Waals surface area contributed by atoms with Gasteiger partial charge in [-0.1, -0.05) is 0 Å². The zero-order valence-corrected chi connectivity index (χ0v) is 9.40. The number of quaternary nitrogens is 1. The Morgan fingerprint density at radius 2 is 2.00 bits per heavy atom. The van der Waals surface area contributed by atoms with Gasteiger partial charge in [-0.05, 0) is 0 Å². The Hall–Kier alpha value is -0.340. The normalized spacial score (nSPS) is 10.1. The summed E-state index contributed by atoms with van der Waals surface area (Å²) in [6.07, 6.45) is 2.60. The van der Waals surface area contributed by atoms with Crippen LogP contribution in [-0.4, -0.2) is 51.2 Å². The lowest BCUT2D eigenvalue weighted by Crippen LogP contribution is -3.00. The van der Waals surface area contributed by atoms with Crippen molar-refractivity contribution in [3.05, 3.63) is 6.08 Å². The molecule has 0 saturated carbocycles. The van der Waals surface area contributed by atoms with E-state index in [0.29, 0.717) is 6.54 Å². The fourth-order valence-electron chi connectivity index (χ4n) is 0.894. The van der Waals surface area contributed by atoms with Crippen LogP contribution in [0.3, 0.4) is 0 Å². The lowest BCUT2D eigenvalue weighted by atomic mass is 10.3. The fourth-order valence-corrected chi connectivity index (χ4v) is 0.894. The zero-order valence-electron chi connectivity index (χ0n) is 8.64. The second-order valence-corrected chi connectivity index (χ2v) is 3.89. The van der Waals surface area contributed by atoms with Gasteiger partial charge in [0.15, 0.2) is 0 Å². The van der Waals surface area contributed by atoms with Crippen LogP contribution in [0.1, 0.15) is 6.42 Å². The summed E-state index contributed by atoms with van der Waals surface area (Å²) in [5, 5.41) is 3.13. The van der Waals surface area contributed by atoms with Gasteiger partial charge in [-0.15, -0.1) is 0 Å². The molecule has 3 nitrogen and oxygen atoms in total. The molecule has 0 amide bonds. The van der Waals surface area contributed by atoms with Gasteiger partial charge in [0.1, 0.15) is 5.94 Å². The summed E-state index contributed by atoms with van der Waals surface area (Å²) in [5.41, 5.74) is 0. The predicted octanol–water partition coefficient (Wildman–Crippen LogP) is -2.94. The Morgan fingerprint density at radius 1 is 1.38 bits per heavy atom. The molecule has 0 heterocycles. The predicted molar refractivity (Wildman–Crippen MR) is 50.6 cm³/mol. The van der Waals surface area contributed by atoms with Crippen LogP contribution in [0.15, 0.2) is 6.08 Å². The maximum absolute atomic E-state index is 9.77. The maximum atomic E-state index is 9.77. The molecule has 0 aromatic heterocycles. The van der Waals surface area contributed by atoms with E-state index in [1.807, 2.05) is 0 Å². The van der Waals surface area contributed by atoms with Crippen LogP contribution < -0.4 is 17.7 Å². The molecule has 0 atom stereocenters. The Balaban J connectivity index is 0. The van der Waals surface area contributed by atoms with Gasteiger partial charge in [-0.3, -0.25) is 0 Å². The highest BCUT2D eigenvalue weighted by Crippen LogP contribution is 1.91. The van der Waals surface area contributed by atoms with Crippen molar-refractivity contribution in [3.63, 3.8) is 0 Å². The van der Waals surface area contributed by atoms with E-state index in [1.165, 1.54) is 6.08 Å². The summed E-state index contributed by atoms with van der Waals surface area (Å²) in [4.78, 5) is 9.77. The number of rotatable bonds is 6. The standard InChI is InChI=1S/C9H19N2O.ClH/c1-11(2,3)8-4-6-10-7-5-9-12;/h5,10H,4,6-8H2,1-3H3;1H/q+1;/p-1. The Kier molecular flexibility index (Phi) is 9.63. The molecule has 13 heavy (non-hydrogen) atoms. The van der Waals surface area contributed by atoms with Crippen LogP contribution in [-0.2, 0) is 4.79 Å². The van der Waals surface area contributed by atoms with Crippen molar-refractivity contribution >= 4 is 5.94 Å². The van der Waals surface area contributed by atoms with E-state index in [2.05, 4.69) is 26.5 Å². The summed E-state index contributed by atoms with van der Waals surface area (Å²) in [5.74, 6) is 1.73. The maximum Gasteiger partial charge on any atom is 0.121 e. The molecule has 0 fully saturated rings. The molecule has 0 aliphatic heterocycles. The van der Waals surface area contributed by atoms with E-state index in [1.54, 1.807) is 5.94 Å². The largest absolute Gasteiger partial charge is 1.00 e. The monoisotopic (exact) mass is 206 g/mol. The van der Waals surface area contributed by atoms with Gasteiger partial charge in [0.25, 0.3) is 0 Å². The molecule has 0 saturated heterocycles. The van der Waals surface area contributed by atoms with Crippen LogP contribution >= 0.6 is 0 Å². The third kappa shape index (κ3) is 14.5. The average molecular weight is 207 g/mol. The second-order valence-electron chi connectivity index (χ2n) is 3.89.